The lowest BCUT2D eigenvalue weighted by Crippen LogP contribution is -2.16. The largest absolute Gasteiger partial charge is 0.495 e. The number of benzene rings is 3. The monoisotopic (exact) mass is 390 g/mol. The average Bonchev–Trinajstić information content (AvgIpc) is 2.60. The zero-order valence-electron chi connectivity index (χ0n) is 13.7. The van der Waals surface area contributed by atoms with Gasteiger partial charge in [0.2, 0.25) is 5.91 Å². The molecule has 0 radical (unpaired) electrons. The Morgan fingerprint density at radius 2 is 1.85 bits per heavy atom. The second kappa shape index (κ2) is 6.86. The van der Waals surface area contributed by atoms with Gasteiger partial charge < -0.3 is 10.5 Å². The van der Waals surface area contributed by atoms with E-state index >= 15 is 0 Å². The van der Waals surface area contributed by atoms with Gasteiger partial charge in [0, 0.05) is 10.9 Å². The van der Waals surface area contributed by atoms with Gasteiger partial charge in [0.05, 0.1) is 17.8 Å². The molecule has 6 nitrogen and oxygen atoms in total. The number of carbonyl (C=O) groups is 1. The van der Waals surface area contributed by atoms with E-state index in [1.54, 1.807) is 30.3 Å². The summed E-state index contributed by atoms with van der Waals surface area (Å²) in [7, 11) is -2.67. The molecule has 0 atom stereocenters. The number of methoxy groups -OCH3 is 1. The van der Waals surface area contributed by atoms with Crippen LogP contribution in [0.5, 0.6) is 5.75 Å². The maximum Gasteiger partial charge on any atom is 0.264 e. The number of nitrogens with two attached hydrogens (primary N) is 1. The summed E-state index contributed by atoms with van der Waals surface area (Å²) < 4.78 is 33.6. The standard InChI is InChI=1S/C18H15ClN2O4S/c1-25-16-9-7-12(18(20)22)10-15(16)21-26(23,24)17-13-5-3-2-4-11(13)6-8-14(17)19/h2-10,21H,1H3,(H2,20,22). The molecule has 3 aromatic carbocycles. The molecule has 3 aromatic rings. The molecular weight excluding hydrogens is 376 g/mol. The minimum absolute atomic E-state index is 0.0520. The van der Waals surface area contributed by atoms with E-state index < -0.39 is 15.9 Å². The fourth-order valence-corrected chi connectivity index (χ4v) is 4.45. The van der Waals surface area contributed by atoms with Gasteiger partial charge in [0.1, 0.15) is 10.6 Å². The van der Waals surface area contributed by atoms with Crippen molar-refractivity contribution >= 4 is 44.0 Å². The summed E-state index contributed by atoms with van der Waals surface area (Å²) in [5, 5.41) is 1.30. The molecule has 0 heterocycles. The molecule has 0 aliphatic carbocycles. The van der Waals surface area contributed by atoms with Gasteiger partial charge in [0.25, 0.3) is 10.0 Å². The fourth-order valence-electron chi connectivity index (χ4n) is 2.63. The van der Waals surface area contributed by atoms with Crippen molar-refractivity contribution in [1.29, 1.82) is 0 Å². The molecule has 0 aliphatic rings. The van der Waals surface area contributed by atoms with E-state index in [4.69, 9.17) is 22.1 Å². The molecule has 0 saturated heterocycles. The summed E-state index contributed by atoms with van der Waals surface area (Å²) in [4.78, 5) is 11.3. The molecule has 0 unspecified atom stereocenters. The van der Waals surface area contributed by atoms with Crippen molar-refractivity contribution in [2.24, 2.45) is 5.73 Å². The Balaban J connectivity index is 2.16. The van der Waals surface area contributed by atoms with Crippen LogP contribution in [-0.4, -0.2) is 21.4 Å². The SMILES string of the molecule is COc1ccc(C(N)=O)cc1NS(=O)(=O)c1c(Cl)ccc2ccccc12. The number of rotatable bonds is 5. The smallest absolute Gasteiger partial charge is 0.264 e. The minimum atomic E-state index is -4.06. The maximum atomic E-state index is 13.0. The van der Waals surface area contributed by atoms with Crippen molar-refractivity contribution < 1.29 is 17.9 Å². The van der Waals surface area contributed by atoms with Crippen LogP contribution in [0.3, 0.4) is 0 Å². The quantitative estimate of drug-likeness (QED) is 0.697. The van der Waals surface area contributed by atoms with Crippen LogP contribution in [0.2, 0.25) is 5.02 Å². The predicted molar refractivity (Wildman–Crippen MR) is 101 cm³/mol. The summed E-state index contributed by atoms with van der Waals surface area (Å²) in [6.45, 7) is 0. The van der Waals surface area contributed by atoms with Crippen LogP contribution < -0.4 is 15.2 Å². The van der Waals surface area contributed by atoms with Gasteiger partial charge in [0.15, 0.2) is 0 Å². The molecule has 0 spiro atoms. The zero-order chi connectivity index (χ0) is 18.9. The highest BCUT2D eigenvalue weighted by Gasteiger charge is 2.23. The summed E-state index contributed by atoms with van der Waals surface area (Å²) in [6, 6.07) is 14.5. The third-order valence-electron chi connectivity index (χ3n) is 3.83. The number of amides is 1. The Bertz CT molecular complexity index is 1110. The molecule has 8 heteroatoms. The lowest BCUT2D eigenvalue weighted by molar-refractivity contribution is 0.100. The fraction of sp³-hybridized carbons (Fsp3) is 0.0556. The van der Waals surface area contributed by atoms with E-state index in [-0.39, 0.29) is 26.9 Å². The van der Waals surface area contributed by atoms with Gasteiger partial charge in [-0.25, -0.2) is 8.42 Å². The molecule has 0 aromatic heterocycles. The van der Waals surface area contributed by atoms with Gasteiger partial charge >= 0.3 is 0 Å². The summed E-state index contributed by atoms with van der Waals surface area (Å²) in [6.07, 6.45) is 0. The van der Waals surface area contributed by atoms with Crippen molar-refractivity contribution in [2.75, 3.05) is 11.8 Å². The Kier molecular flexibility index (Phi) is 4.76. The third-order valence-corrected chi connectivity index (χ3v) is 5.72. The van der Waals surface area contributed by atoms with Crippen LogP contribution in [0.25, 0.3) is 10.8 Å². The lowest BCUT2D eigenvalue weighted by Gasteiger charge is -2.15. The highest BCUT2D eigenvalue weighted by atomic mass is 35.5. The number of nitrogens with one attached hydrogen (secondary N) is 1. The normalized spacial score (nSPS) is 11.3. The van der Waals surface area contributed by atoms with Crippen molar-refractivity contribution in [3.05, 3.63) is 65.2 Å². The van der Waals surface area contributed by atoms with E-state index in [0.29, 0.717) is 5.39 Å². The van der Waals surface area contributed by atoms with Gasteiger partial charge in [-0.15, -0.1) is 0 Å². The van der Waals surface area contributed by atoms with E-state index in [1.165, 1.54) is 31.4 Å². The molecule has 3 rings (SSSR count). The van der Waals surface area contributed by atoms with Crippen LogP contribution in [-0.2, 0) is 10.0 Å². The number of fused-ring (bicyclic) bond motifs is 1. The number of anilines is 1. The molecule has 26 heavy (non-hydrogen) atoms. The van der Waals surface area contributed by atoms with Crippen LogP contribution in [0.4, 0.5) is 5.69 Å². The zero-order valence-corrected chi connectivity index (χ0v) is 15.3. The van der Waals surface area contributed by atoms with Crippen LogP contribution in [0.15, 0.2) is 59.5 Å². The first-order chi connectivity index (χ1) is 12.3. The summed E-state index contributed by atoms with van der Waals surface area (Å²) in [5.41, 5.74) is 5.51. The molecule has 1 amide bonds. The number of sulfonamides is 1. The average molecular weight is 391 g/mol. The maximum absolute atomic E-state index is 13.0. The Hall–Kier alpha value is -2.77. The van der Waals surface area contributed by atoms with Gasteiger partial charge in [-0.2, -0.15) is 0 Å². The minimum Gasteiger partial charge on any atom is -0.495 e. The van der Waals surface area contributed by atoms with Crippen LogP contribution in [0, 0.1) is 0 Å². The second-order valence-corrected chi connectivity index (χ2v) is 7.51. The third kappa shape index (κ3) is 3.31. The van der Waals surface area contributed by atoms with Crippen molar-refractivity contribution in [1.82, 2.24) is 0 Å². The molecule has 0 aliphatic heterocycles. The van der Waals surface area contributed by atoms with E-state index in [1.807, 2.05) is 0 Å². The number of halogens is 1. The van der Waals surface area contributed by atoms with Crippen LogP contribution in [0.1, 0.15) is 10.4 Å². The molecule has 134 valence electrons. The number of primary amides is 1. The first-order valence-corrected chi connectivity index (χ1v) is 9.37. The topological polar surface area (TPSA) is 98.5 Å². The summed E-state index contributed by atoms with van der Waals surface area (Å²) >= 11 is 6.18. The number of hydrogen-bond acceptors (Lipinski definition) is 4. The van der Waals surface area contributed by atoms with Crippen molar-refractivity contribution in [3.63, 3.8) is 0 Å². The highest BCUT2D eigenvalue weighted by molar-refractivity contribution is 7.93. The number of ether oxygens (including phenoxy) is 1. The van der Waals surface area contributed by atoms with Crippen molar-refractivity contribution in [2.45, 2.75) is 4.90 Å². The first kappa shape index (κ1) is 18.0. The van der Waals surface area contributed by atoms with E-state index in [0.717, 1.165) is 5.39 Å². The molecule has 3 N–H and O–H groups in total. The van der Waals surface area contributed by atoms with Crippen molar-refractivity contribution in [3.8, 4) is 5.75 Å². The van der Waals surface area contributed by atoms with E-state index in [2.05, 4.69) is 4.72 Å². The van der Waals surface area contributed by atoms with Gasteiger partial charge in [-0.1, -0.05) is 41.9 Å². The molecule has 0 fully saturated rings. The molecule has 0 bridgehead atoms. The Labute approximate surface area is 155 Å². The predicted octanol–water partition coefficient (Wildman–Crippen LogP) is 3.40. The van der Waals surface area contributed by atoms with Gasteiger partial charge in [-0.05, 0) is 29.7 Å². The molecule has 0 saturated carbocycles. The number of carbonyl (C=O) groups excluding carboxylic acids is 1. The number of hydrogen-bond donors (Lipinski definition) is 2. The van der Waals surface area contributed by atoms with Gasteiger partial charge in [-0.3, -0.25) is 9.52 Å². The molecular formula is C18H15ClN2O4S. The summed E-state index contributed by atoms with van der Waals surface area (Å²) in [5.74, 6) is -0.439. The second-order valence-electron chi connectivity index (χ2n) is 5.48. The first-order valence-electron chi connectivity index (χ1n) is 7.51. The van der Waals surface area contributed by atoms with Crippen LogP contribution >= 0.6 is 11.6 Å². The Morgan fingerprint density at radius 3 is 2.54 bits per heavy atom. The van der Waals surface area contributed by atoms with E-state index in [9.17, 15) is 13.2 Å². The highest BCUT2D eigenvalue weighted by Crippen LogP contribution is 2.34. The Morgan fingerprint density at radius 1 is 1.12 bits per heavy atom. The lowest BCUT2D eigenvalue weighted by atomic mass is 10.1.